The van der Waals surface area contributed by atoms with Crippen LogP contribution < -0.4 is 15.6 Å². The van der Waals surface area contributed by atoms with Gasteiger partial charge in [0.2, 0.25) is 17.8 Å². The molecule has 35 heavy (non-hydrogen) atoms. The average molecular weight is 543 g/mol. The van der Waals surface area contributed by atoms with Crippen molar-refractivity contribution in [2.75, 3.05) is 41.9 Å². The molecule has 1 aliphatic rings. The van der Waals surface area contributed by atoms with Crippen LogP contribution in [0.25, 0.3) is 0 Å². The summed E-state index contributed by atoms with van der Waals surface area (Å²) in [6.07, 6.45) is 1.25. The summed E-state index contributed by atoms with van der Waals surface area (Å²) in [4.78, 5) is 26.0. The molecule has 1 aromatic heterocycles. The van der Waals surface area contributed by atoms with Crippen molar-refractivity contribution in [3.63, 3.8) is 0 Å². The maximum absolute atomic E-state index is 11.1. The quantitative estimate of drug-likeness (QED) is 0.227. The predicted octanol–water partition coefficient (Wildman–Crippen LogP) is 3.89. The third-order valence-corrected chi connectivity index (χ3v) is 5.82. The van der Waals surface area contributed by atoms with E-state index in [0.29, 0.717) is 38.2 Å². The van der Waals surface area contributed by atoms with Gasteiger partial charge in [-0.2, -0.15) is 20.1 Å². The van der Waals surface area contributed by atoms with Gasteiger partial charge in [-0.15, -0.1) is 0 Å². The third-order valence-electron chi connectivity index (χ3n) is 5.21. The van der Waals surface area contributed by atoms with E-state index >= 15 is 0 Å². The minimum absolute atomic E-state index is 0.148. The predicted molar refractivity (Wildman–Crippen MR) is 136 cm³/mol. The number of aromatic hydroxyl groups is 1. The maximum atomic E-state index is 11.1. The van der Waals surface area contributed by atoms with Crippen molar-refractivity contribution >= 4 is 51.4 Å². The van der Waals surface area contributed by atoms with Gasteiger partial charge in [0.1, 0.15) is 5.75 Å². The second kappa shape index (κ2) is 10.6. The molecule has 13 heteroatoms. The van der Waals surface area contributed by atoms with Crippen LogP contribution in [0.3, 0.4) is 0 Å². The average Bonchev–Trinajstić information content (AvgIpc) is 2.84. The van der Waals surface area contributed by atoms with Gasteiger partial charge in [-0.05, 0) is 47.0 Å². The number of halogens is 1. The number of non-ortho nitro benzene ring substituents is 1. The van der Waals surface area contributed by atoms with Gasteiger partial charge in [-0.3, -0.25) is 10.1 Å². The molecule has 1 fully saturated rings. The van der Waals surface area contributed by atoms with Gasteiger partial charge >= 0.3 is 0 Å². The summed E-state index contributed by atoms with van der Waals surface area (Å²) in [5.41, 5.74) is 5.68. The van der Waals surface area contributed by atoms with Crippen LogP contribution >= 0.6 is 15.9 Å². The van der Waals surface area contributed by atoms with E-state index in [1.54, 1.807) is 0 Å². The van der Waals surface area contributed by atoms with Gasteiger partial charge in [0.25, 0.3) is 5.69 Å². The normalized spacial score (nSPS) is 13.7. The van der Waals surface area contributed by atoms with E-state index in [9.17, 15) is 15.2 Å². The van der Waals surface area contributed by atoms with Crippen LogP contribution in [0.5, 0.6) is 5.75 Å². The Bertz CT molecular complexity index is 1280. The molecule has 1 saturated heterocycles. The van der Waals surface area contributed by atoms with E-state index in [1.807, 2.05) is 36.9 Å². The molecule has 0 bridgehead atoms. The van der Waals surface area contributed by atoms with E-state index in [-0.39, 0.29) is 27.4 Å². The van der Waals surface area contributed by atoms with Crippen LogP contribution in [0.2, 0.25) is 0 Å². The molecule has 0 unspecified atom stereocenters. The van der Waals surface area contributed by atoms with Crippen LogP contribution in [0.15, 0.2) is 39.9 Å². The first-order chi connectivity index (χ1) is 16.8. The van der Waals surface area contributed by atoms with Gasteiger partial charge in [-0.25, -0.2) is 5.43 Å². The molecule has 3 aromatic rings. The van der Waals surface area contributed by atoms with Crippen molar-refractivity contribution in [1.29, 1.82) is 0 Å². The number of rotatable bonds is 7. The van der Waals surface area contributed by atoms with Gasteiger partial charge in [0.05, 0.1) is 28.8 Å². The molecule has 0 saturated carbocycles. The number of aromatic nitrogens is 3. The first-order valence-corrected chi connectivity index (χ1v) is 11.5. The molecule has 2 aromatic carbocycles. The van der Waals surface area contributed by atoms with E-state index in [0.717, 1.165) is 16.8 Å². The summed E-state index contributed by atoms with van der Waals surface area (Å²) in [7, 11) is 0. The summed E-state index contributed by atoms with van der Waals surface area (Å²) in [6.45, 7) is 6.37. The highest BCUT2D eigenvalue weighted by molar-refractivity contribution is 9.10. The molecular weight excluding hydrogens is 520 g/mol. The van der Waals surface area contributed by atoms with Gasteiger partial charge < -0.3 is 20.1 Å². The number of hydrogen-bond acceptors (Lipinski definition) is 11. The molecule has 0 aliphatic carbocycles. The Kier molecular flexibility index (Phi) is 7.36. The van der Waals surface area contributed by atoms with Crippen LogP contribution in [-0.4, -0.2) is 57.5 Å². The monoisotopic (exact) mass is 542 g/mol. The topological polar surface area (TPSA) is 151 Å². The van der Waals surface area contributed by atoms with Crippen molar-refractivity contribution in [2.45, 2.75) is 13.8 Å². The number of benzene rings is 2. The number of nitro benzene ring substituents is 1. The van der Waals surface area contributed by atoms with Crippen LogP contribution in [0.4, 0.5) is 29.2 Å². The molecule has 12 nitrogen and oxygen atoms in total. The highest BCUT2D eigenvalue weighted by Gasteiger charge is 2.17. The second-order valence-electron chi connectivity index (χ2n) is 7.82. The molecule has 0 spiro atoms. The Labute approximate surface area is 209 Å². The van der Waals surface area contributed by atoms with Crippen molar-refractivity contribution in [1.82, 2.24) is 15.0 Å². The molecule has 182 valence electrons. The number of nitrogens with one attached hydrogen (secondary N) is 2. The number of aryl methyl sites for hydroxylation is 2. The molecule has 3 N–H and O–H groups in total. The summed E-state index contributed by atoms with van der Waals surface area (Å²) < 4.78 is 5.61. The number of phenolic OH excluding ortho intramolecular Hbond substituents is 1. The van der Waals surface area contributed by atoms with Crippen molar-refractivity contribution in [2.24, 2.45) is 5.10 Å². The van der Waals surface area contributed by atoms with Gasteiger partial charge in [0, 0.05) is 36.5 Å². The lowest BCUT2D eigenvalue weighted by atomic mass is 10.1. The molecular formula is C22H23BrN8O4. The molecule has 2 heterocycles. The number of hydrogen-bond donors (Lipinski definition) is 3. The van der Waals surface area contributed by atoms with Crippen molar-refractivity contribution in [3.8, 4) is 5.75 Å². The molecule has 0 atom stereocenters. The number of nitrogens with zero attached hydrogens (tertiary/aromatic N) is 6. The van der Waals surface area contributed by atoms with Crippen LogP contribution in [0, 0.1) is 24.0 Å². The highest BCUT2D eigenvalue weighted by atomic mass is 79.9. The van der Waals surface area contributed by atoms with E-state index < -0.39 is 4.92 Å². The van der Waals surface area contributed by atoms with Crippen LogP contribution in [0.1, 0.15) is 16.7 Å². The Morgan fingerprint density at radius 3 is 2.66 bits per heavy atom. The smallest absolute Gasteiger partial charge is 0.271 e. The third kappa shape index (κ3) is 6.00. The fourth-order valence-corrected chi connectivity index (χ4v) is 3.80. The zero-order chi connectivity index (χ0) is 24.9. The second-order valence-corrected chi connectivity index (χ2v) is 8.67. The Morgan fingerprint density at radius 1 is 1.17 bits per heavy atom. The Hall–Kier alpha value is -3.84. The summed E-state index contributed by atoms with van der Waals surface area (Å²) in [5.74, 6) is 0.765. The van der Waals surface area contributed by atoms with E-state index in [4.69, 9.17) is 4.74 Å². The summed E-state index contributed by atoms with van der Waals surface area (Å²) in [5, 5.41) is 28.7. The summed E-state index contributed by atoms with van der Waals surface area (Å²) in [6, 6.07) is 8.46. The zero-order valence-electron chi connectivity index (χ0n) is 19.0. The standard InChI is InChI=1S/C22H23BrN8O4/c1-13-3-4-14(2)18(9-13)25-20-26-21(28-22(27-20)30-5-7-35-8-6-30)29-24-12-15-10-16(31(33)34)11-17(23)19(15)32/h3-4,9-12,32H,5-8H2,1-2H3,(H2,25,26,27,28,29)/b24-12+. The fraction of sp³-hybridized carbons (Fsp3) is 0.273. The van der Waals surface area contributed by atoms with Crippen molar-refractivity contribution in [3.05, 3.63) is 61.6 Å². The number of phenols is 1. The number of ether oxygens (including phenoxy) is 1. The first-order valence-electron chi connectivity index (χ1n) is 10.7. The minimum Gasteiger partial charge on any atom is -0.506 e. The lowest BCUT2D eigenvalue weighted by molar-refractivity contribution is -0.385. The SMILES string of the molecule is Cc1ccc(C)c(Nc2nc(N/N=C/c3cc([N+](=O)[O-])cc(Br)c3O)nc(N3CCOCC3)n2)c1. The Morgan fingerprint density at radius 2 is 1.91 bits per heavy atom. The number of nitro groups is 1. The van der Waals surface area contributed by atoms with E-state index in [1.165, 1.54) is 18.3 Å². The van der Waals surface area contributed by atoms with Gasteiger partial charge in [-0.1, -0.05) is 12.1 Å². The fourth-order valence-electron chi connectivity index (χ4n) is 3.34. The molecule has 0 radical (unpaired) electrons. The molecule has 1 aliphatic heterocycles. The lowest BCUT2D eigenvalue weighted by Gasteiger charge is -2.27. The number of anilines is 4. The number of morpholine rings is 1. The minimum atomic E-state index is -0.555. The van der Waals surface area contributed by atoms with Crippen molar-refractivity contribution < 1.29 is 14.8 Å². The summed E-state index contributed by atoms with van der Waals surface area (Å²) >= 11 is 3.11. The molecule has 4 rings (SSSR count). The lowest BCUT2D eigenvalue weighted by Crippen LogP contribution is -2.37. The van der Waals surface area contributed by atoms with Gasteiger partial charge in [0.15, 0.2) is 0 Å². The molecule has 0 amide bonds. The first kappa shape index (κ1) is 24.3. The van der Waals surface area contributed by atoms with E-state index in [2.05, 4.69) is 46.7 Å². The zero-order valence-corrected chi connectivity index (χ0v) is 20.6. The Balaban J connectivity index is 1.63. The largest absolute Gasteiger partial charge is 0.506 e. The number of hydrazone groups is 1. The maximum Gasteiger partial charge on any atom is 0.271 e. The highest BCUT2D eigenvalue weighted by Crippen LogP contribution is 2.31. The van der Waals surface area contributed by atoms with Crippen LogP contribution in [-0.2, 0) is 4.74 Å².